The molecule has 2 bridgehead atoms. The lowest BCUT2D eigenvalue weighted by atomic mass is 9.68. The molecule has 0 radical (unpaired) electrons. The summed E-state index contributed by atoms with van der Waals surface area (Å²) in [6.07, 6.45) is 9.55. The van der Waals surface area contributed by atoms with Crippen LogP contribution < -0.4 is 0 Å². The van der Waals surface area contributed by atoms with E-state index < -0.39 is 0 Å². The highest BCUT2D eigenvalue weighted by atomic mass is 16.6. The van der Waals surface area contributed by atoms with E-state index in [0.29, 0.717) is 30.6 Å². The minimum Gasteiger partial charge on any atom is -0.449 e. The smallest absolute Gasteiger partial charge is 0.410 e. The largest absolute Gasteiger partial charge is 0.449 e. The van der Waals surface area contributed by atoms with Crippen LogP contribution in [-0.2, 0) is 21.5 Å². The highest BCUT2D eigenvalue weighted by Crippen LogP contribution is 2.45. The lowest BCUT2D eigenvalue weighted by Crippen LogP contribution is -2.57. The number of piperidine rings is 2. The van der Waals surface area contributed by atoms with Gasteiger partial charge in [0.2, 0.25) is 5.91 Å². The SMILES string of the molecule is CCCOC(=O)N1C2CCC1CC(N1CCC3(CC1)CN(C(=O)C1CC1)Cc1ccccc13)C2. The highest BCUT2D eigenvalue weighted by Gasteiger charge is 2.49. The first-order valence-electron chi connectivity index (χ1n) is 13.6. The predicted molar refractivity (Wildman–Crippen MR) is 130 cm³/mol. The molecule has 1 saturated carbocycles. The van der Waals surface area contributed by atoms with Crippen molar-refractivity contribution in [2.45, 2.75) is 94.8 Å². The summed E-state index contributed by atoms with van der Waals surface area (Å²) >= 11 is 0. The van der Waals surface area contributed by atoms with Crippen molar-refractivity contribution in [2.24, 2.45) is 5.92 Å². The Labute approximate surface area is 203 Å². The second kappa shape index (κ2) is 8.85. The molecule has 3 saturated heterocycles. The van der Waals surface area contributed by atoms with Crippen molar-refractivity contribution in [1.29, 1.82) is 0 Å². The minimum absolute atomic E-state index is 0.0929. The van der Waals surface area contributed by atoms with Crippen molar-refractivity contribution >= 4 is 12.0 Å². The summed E-state index contributed by atoms with van der Waals surface area (Å²) in [5.41, 5.74) is 2.94. The number of amides is 2. The van der Waals surface area contributed by atoms with Gasteiger partial charge >= 0.3 is 6.09 Å². The molecule has 1 aliphatic carbocycles. The van der Waals surface area contributed by atoms with Crippen molar-refractivity contribution < 1.29 is 14.3 Å². The number of hydrogen-bond donors (Lipinski definition) is 0. The Morgan fingerprint density at radius 1 is 1.00 bits per heavy atom. The third-order valence-electron chi connectivity index (χ3n) is 9.30. The van der Waals surface area contributed by atoms with Crippen LogP contribution in [0.15, 0.2) is 24.3 Å². The molecule has 6 nitrogen and oxygen atoms in total. The van der Waals surface area contributed by atoms with Gasteiger partial charge in [0.15, 0.2) is 0 Å². The van der Waals surface area contributed by atoms with Crippen LogP contribution in [0.3, 0.4) is 0 Å². The van der Waals surface area contributed by atoms with E-state index in [1.165, 1.54) is 11.1 Å². The molecule has 4 fully saturated rings. The number of fused-ring (bicyclic) bond motifs is 4. The van der Waals surface area contributed by atoms with Crippen molar-refractivity contribution in [1.82, 2.24) is 14.7 Å². The summed E-state index contributed by atoms with van der Waals surface area (Å²) in [6, 6.07) is 10.1. The van der Waals surface area contributed by atoms with Gasteiger partial charge in [-0.1, -0.05) is 31.2 Å². The molecule has 2 unspecified atom stereocenters. The molecular formula is C28H39N3O3. The lowest BCUT2D eigenvalue weighted by molar-refractivity contribution is -0.135. The molecule has 1 aromatic rings. The molecule has 1 spiro atoms. The number of carbonyl (C=O) groups excluding carboxylic acids is 2. The van der Waals surface area contributed by atoms with Gasteiger partial charge in [-0.3, -0.25) is 4.79 Å². The Balaban J connectivity index is 1.14. The summed E-state index contributed by atoms with van der Waals surface area (Å²) in [7, 11) is 0. The number of carbonyl (C=O) groups is 2. The van der Waals surface area contributed by atoms with E-state index in [0.717, 1.165) is 84.0 Å². The van der Waals surface area contributed by atoms with E-state index in [1.807, 2.05) is 6.92 Å². The fourth-order valence-electron chi connectivity index (χ4n) is 7.39. The van der Waals surface area contributed by atoms with Crippen LogP contribution >= 0.6 is 0 Å². The van der Waals surface area contributed by atoms with E-state index in [9.17, 15) is 9.59 Å². The lowest BCUT2D eigenvalue weighted by Gasteiger charge is -2.51. The maximum Gasteiger partial charge on any atom is 0.410 e. The minimum atomic E-state index is -0.0929. The zero-order valence-electron chi connectivity index (χ0n) is 20.6. The van der Waals surface area contributed by atoms with Crippen LogP contribution in [0.2, 0.25) is 0 Å². The molecule has 4 heterocycles. The molecule has 34 heavy (non-hydrogen) atoms. The molecular weight excluding hydrogens is 426 g/mol. The second-order valence-electron chi connectivity index (χ2n) is 11.5. The van der Waals surface area contributed by atoms with Gasteiger partial charge in [0.05, 0.1) is 6.61 Å². The summed E-state index contributed by atoms with van der Waals surface area (Å²) in [4.78, 5) is 32.6. The first-order chi connectivity index (χ1) is 16.6. The molecule has 5 aliphatic rings. The first kappa shape index (κ1) is 22.4. The van der Waals surface area contributed by atoms with Crippen LogP contribution in [0.5, 0.6) is 0 Å². The molecule has 184 valence electrons. The molecule has 4 aliphatic heterocycles. The Kier molecular flexibility index (Phi) is 5.83. The maximum absolute atomic E-state index is 13.0. The van der Waals surface area contributed by atoms with Gasteiger partial charge in [-0.05, 0) is 82.0 Å². The number of benzene rings is 1. The zero-order valence-corrected chi connectivity index (χ0v) is 20.6. The molecule has 2 atom stereocenters. The summed E-state index contributed by atoms with van der Waals surface area (Å²) < 4.78 is 5.49. The van der Waals surface area contributed by atoms with E-state index in [1.54, 1.807) is 0 Å². The number of likely N-dealkylation sites (tertiary alicyclic amines) is 1. The Bertz CT molecular complexity index is 923. The van der Waals surface area contributed by atoms with Crippen molar-refractivity contribution in [2.75, 3.05) is 26.2 Å². The van der Waals surface area contributed by atoms with E-state index in [2.05, 4.69) is 39.0 Å². The quantitative estimate of drug-likeness (QED) is 0.665. The number of rotatable bonds is 4. The summed E-state index contributed by atoms with van der Waals surface area (Å²) in [5.74, 6) is 0.669. The van der Waals surface area contributed by atoms with Gasteiger partial charge in [0.25, 0.3) is 0 Å². The van der Waals surface area contributed by atoms with Gasteiger partial charge in [0, 0.05) is 42.5 Å². The van der Waals surface area contributed by atoms with E-state index in [-0.39, 0.29) is 17.4 Å². The summed E-state index contributed by atoms with van der Waals surface area (Å²) in [6.45, 7) is 6.42. The van der Waals surface area contributed by atoms with E-state index in [4.69, 9.17) is 4.74 Å². The monoisotopic (exact) mass is 465 g/mol. The zero-order chi connectivity index (χ0) is 23.3. The van der Waals surface area contributed by atoms with Crippen LogP contribution in [0, 0.1) is 5.92 Å². The number of hydrogen-bond acceptors (Lipinski definition) is 4. The fraction of sp³-hybridized carbons (Fsp3) is 0.714. The molecule has 1 aromatic carbocycles. The average molecular weight is 466 g/mol. The normalized spacial score (nSPS) is 30.3. The summed E-state index contributed by atoms with van der Waals surface area (Å²) in [5, 5.41) is 0. The van der Waals surface area contributed by atoms with Gasteiger partial charge in [-0.15, -0.1) is 0 Å². The first-order valence-corrected chi connectivity index (χ1v) is 13.6. The van der Waals surface area contributed by atoms with Crippen molar-refractivity contribution in [3.63, 3.8) is 0 Å². The Hall–Kier alpha value is -2.08. The van der Waals surface area contributed by atoms with Gasteiger partial charge in [-0.25, -0.2) is 4.79 Å². The fourth-order valence-corrected chi connectivity index (χ4v) is 7.39. The van der Waals surface area contributed by atoms with Crippen LogP contribution in [0.4, 0.5) is 4.79 Å². The second-order valence-corrected chi connectivity index (χ2v) is 11.5. The average Bonchev–Trinajstić information content (AvgIpc) is 3.67. The van der Waals surface area contributed by atoms with Gasteiger partial charge in [0.1, 0.15) is 0 Å². The maximum atomic E-state index is 13.0. The van der Waals surface area contributed by atoms with Crippen LogP contribution in [0.25, 0.3) is 0 Å². The van der Waals surface area contributed by atoms with Gasteiger partial charge < -0.3 is 19.4 Å². The van der Waals surface area contributed by atoms with Crippen LogP contribution in [-0.4, -0.2) is 71.1 Å². The third-order valence-corrected chi connectivity index (χ3v) is 9.30. The molecule has 0 N–H and O–H groups in total. The van der Waals surface area contributed by atoms with Crippen molar-refractivity contribution in [3.05, 3.63) is 35.4 Å². The number of nitrogens with zero attached hydrogens (tertiary/aromatic N) is 3. The third kappa shape index (κ3) is 3.92. The van der Waals surface area contributed by atoms with E-state index >= 15 is 0 Å². The Morgan fingerprint density at radius 3 is 2.38 bits per heavy atom. The number of ether oxygens (including phenoxy) is 1. The molecule has 6 heteroatoms. The highest BCUT2D eigenvalue weighted by molar-refractivity contribution is 5.81. The molecule has 0 aromatic heterocycles. The standard InChI is InChI=1S/C28H39N3O3/c1-2-15-34-27(33)31-22-9-10-23(31)17-24(16-22)29-13-11-28(12-14-29)19-30(26(32)20-7-8-20)18-21-5-3-4-6-25(21)28/h3-6,20,22-24H,2,7-19H2,1H3. The van der Waals surface area contributed by atoms with Gasteiger partial charge in [-0.2, -0.15) is 0 Å². The molecule has 2 amide bonds. The Morgan fingerprint density at radius 2 is 1.71 bits per heavy atom. The topological polar surface area (TPSA) is 53.1 Å². The molecule has 6 rings (SSSR count). The van der Waals surface area contributed by atoms with Crippen LogP contribution in [0.1, 0.15) is 75.8 Å². The van der Waals surface area contributed by atoms with Crippen molar-refractivity contribution in [3.8, 4) is 0 Å². The predicted octanol–water partition coefficient (Wildman–Crippen LogP) is 4.31.